The van der Waals surface area contributed by atoms with E-state index in [0.29, 0.717) is 5.56 Å². The Labute approximate surface area is 126 Å². The minimum absolute atomic E-state index is 0.0247. The van der Waals surface area contributed by atoms with E-state index < -0.39 is 14.8 Å². The smallest absolute Gasteiger partial charge is 0.258 e. The van der Waals surface area contributed by atoms with E-state index in [2.05, 4.69) is 0 Å². The van der Waals surface area contributed by atoms with Crippen molar-refractivity contribution in [1.82, 2.24) is 0 Å². The monoisotopic (exact) mass is 321 g/mol. The van der Waals surface area contributed by atoms with Crippen LogP contribution in [0.15, 0.2) is 58.3 Å². The number of nitro groups is 1. The lowest BCUT2D eigenvalue weighted by atomic mass is 10.1. The molecule has 3 rings (SSSR count). The molecular formula is C14H11NO4S2. The van der Waals surface area contributed by atoms with Crippen molar-refractivity contribution in [3.63, 3.8) is 0 Å². The van der Waals surface area contributed by atoms with Crippen molar-refractivity contribution in [3.8, 4) is 0 Å². The number of hydrogen-bond donors (Lipinski definition) is 0. The Kier molecular flexibility index (Phi) is 3.46. The van der Waals surface area contributed by atoms with Crippen molar-refractivity contribution in [2.45, 2.75) is 15.0 Å². The van der Waals surface area contributed by atoms with E-state index in [-0.39, 0.29) is 21.6 Å². The highest BCUT2D eigenvalue weighted by atomic mass is 32.2. The van der Waals surface area contributed by atoms with Gasteiger partial charge in [0.1, 0.15) is 0 Å². The lowest BCUT2D eigenvalue weighted by Crippen LogP contribution is -2.00. The average Bonchev–Trinajstić information content (AvgIpc) is 2.71. The predicted octanol–water partition coefficient (Wildman–Crippen LogP) is 3.22. The Bertz CT molecular complexity index is 803. The zero-order valence-electron chi connectivity index (χ0n) is 10.8. The molecule has 108 valence electrons. The first-order chi connectivity index (χ1) is 9.97. The van der Waals surface area contributed by atoms with Crippen LogP contribution in [0.5, 0.6) is 0 Å². The SMILES string of the molecule is O=[N+]([O-])c1ccc2c(c1)C(Sc1ccccc1)CS2(=O)=O. The van der Waals surface area contributed by atoms with E-state index in [1.54, 1.807) is 0 Å². The molecule has 0 N–H and O–H groups in total. The van der Waals surface area contributed by atoms with Crippen LogP contribution in [0, 0.1) is 10.1 Å². The third-order valence-corrected chi connectivity index (χ3v) is 6.55. The first-order valence-corrected chi connectivity index (χ1v) is 8.73. The summed E-state index contributed by atoms with van der Waals surface area (Å²) < 4.78 is 24.3. The molecule has 2 aromatic rings. The van der Waals surface area contributed by atoms with E-state index in [1.807, 2.05) is 30.3 Å². The molecule has 0 fully saturated rings. The fourth-order valence-corrected chi connectivity index (χ4v) is 5.77. The van der Waals surface area contributed by atoms with Gasteiger partial charge in [-0.2, -0.15) is 0 Å². The summed E-state index contributed by atoms with van der Waals surface area (Å²) in [5, 5.41) is 10.6. The van der Waals surface area contributed by atoms with Gasteiger partial charge in [-0.3, -0.25) is 10.1 Å². The third-order valence-electron chi connectivity index (χ3n) is 3.28. The summed E-state index contributed by atoms with van der Waals surface area (Å²) in [6, 6.07) is 13.4. The molecule has 0 saturated heterocycles. The van der Waals surface area contributed by atoms with Crippen molar-refractivity contribution in [2.75, 3.05) is 5.75 Å². The van der Waals surface area contributed by atoms with Gasteiger partial charge >= 0.3 is 0 Å². The normalized spacial score (nSPS) is 19.1. The van der Waals surface area contributed by atoms with Gasteiger partial charge in [0.2, 0.25) is 0 Å². The number of hydrogen-bond acceptors (Lipinski definition) is 5. The molecule has 1 aliphatic rings. The highest BCUT2D eigenvalue weighted by molar-refractivity contribution is 8.01. The number of nitrogens with zero attached hydrogens (tertiary/aromatic N) is 1. The van der Waals surface area contributed by atoms with Gasteiger partial charge in [-0.1, -0.05) is 18.2 Å². The van der Waals surface area contributed by atoms with Gasteiger partial charge in [0.05, 0.1) is 20.8 Å². The summed E-state index contributed by atoms with van der Waals surface area (Å²) in [5.74, 6) is -0.0247. The summed E-state index contributed by atoms with van der Waals surface area (Å²) in [4.78, 5) is 11.5. The molecule has 21 heavy (non-hydrogen) atoms. The zero-order chi connectivity index (χ0) is 15.0. The van der Waals surface area contributed by atoms with Crippen LogP contribution < -0.4 is 0 Å². The summed E-state index contributed by atoms with van der Waals surface area (Å²) >= 11 is 1.41. The third kappa shape index (κ3) is 2.66. The van der Waals surface area contributed by atoms with Crippen LogP contribution >= 0.6 is 11.8 Å². The van der Waals surface area contributed by atoms with Crippen LogP contribution in [-0.4, -0.2) is 19.1 Å². The second-order valence-corrected chi connectivity index (χ2v) is 7.96. The van der Waals surface area contributed by atoms with Gasteiger partial charge < -0.3 is 0 Å². The van der Waals surface area contributed by atoms with E-state index >= 15 is 0 Å². The van der Waals surface area contributed by atoms with Crippen LogP contribution in [0.1, 0.15) is 10.8 Å². The largest absolute Gasteiger partial charge is 0.269 e. The minimum Gasteiger partial charge on any atom is -0.258 e. The number of sulfone groups is 1. The van der Waals surface area contributed by atoms with E-state index in [9.17, 15) is 18.5 Å². The molecule has 0 radical (unpaired) electrons. The quantitative estimate of drug-likeness (QED) is 0.641. The van der Waals surface area contributed by atoms with Gasteiger partial charge in [-0.05, 0) is 23.8 Å². The van der Waals surface area contributed by atoms with E-state index in [4.69, 9.17) is 0 Å². The highest BCUT2D eigenvalue weighted by Crippen LogP contribution is 2.45. The molecular weight excluding hydrogens is 310 g/mol. The fraction of sp³-hybridized carbons (Fsp3) is 0.143. The summed E-state index contributed by atoms with van der Waals surface area (Å²) in [6.45, 7) is 0. The van der Waals surface area contributed by atoms with Gasteiger partial charge in [0.25, 0.3) is 5.69 Å². The molecule has 0 bridgehead atoms. The summed E-state index contributed by atoms with van der Waals surface area (Å²) in [6.07, 6.45) is 0. The summed E-state index contributed by atoms with van der Waals surface area (Å²) in [7, 11) is -3.36. The molecule has 0 aromatic heterocycles. The van der Waals surface area contributed by atoms with Gasteiger partial charge in [0.15, 0.2) is 9.84 Å². The molecule has 1 heterocycles. The Morgan fingerprint density at radius 3 is 2.52 bits per heavy atom. The minimum atomic E-state index is -3.36. The zero-order valence-corrected chi connectivity index (χ0v) is 12.4. The van der Waals surface area contributed by atoms with Crippen LogP contribution in [0.4, 0.5) is 5.69 Å². The molecule has 0 spiro atoms. The standard InChI is InChI=1S/C14H11NO4S2/c16-15(17)10-6-7-14-12(8-10)13(9-21(14,18)19)20-11-4-2-1-3-5-11/h1-8,13H,9H2. The first-order valence-electron chi connectivity index (χ1n) is 6.20. The molecule has 0 amide bonds. The van der Waals surface area contributed by atoms with Crippen LogP contribution in [0.3, 0.4) is 0 Å². The Balaban J connectivity index is 2.03. The number of nitro benzene ring substituents is 1. The number of benzene rings is 2. The fourth-order valence-electron chi connectivity index (χ4n) is 2.32. The van der Waals surface area contributed by atoms with Crippen molar-refractivity contribution < 1.29 is 13.3 Å². The maximum absolute atomic E-state index is 12.2. The molecule has 7 heteroatoms. The molecule has 1 unspecified atom stereocenters. The van der Waals surface area contributed by atoms with E-state index in [0.717, 1.165) is 4.90 Å². The van der Waals surface area contributed by atoms with Gasteiger partial charge in [-0.25, -0.2) is 8.42 Å². The van der Waals surface area contributed by atoms with Crippen LogP contribution in [0.2, 0.25) is 0 Å². The highest BCUT2D eigenvalue weighted by Gasteiger charge is 2.36. The Hall–Kier alpha value is -1.86. The molecule has 0 saturated carbocycles. The topological polar surface area (TPSA) is 77.3 Å². The molecule has 5 nitrogen and oxygen atoms in total. The number of thioether (sulfide) groups is 1. The van der Waals surface area contributed by atoms with Gasteiger partial charge in [0, 0.05) is 17.0 Å². The maximum Gasteiger partial charge on any atom is 0.269 e. The number of non-ortho nitro benzene ring substituents is 1. The average molecular weight is 321 g/mol. The number of rotatable bonds is 3. The molecule has 2 aromatic carbocycles. The van der Waals surface area contributed by atoms with Gasteiger partial charge in [-0.15, -0.1) is 11.8 Å². The number of fused-ring (bicyclic) bond motifs is 1. The van der Waals surface area contributed by atoms with Crippen molar-refractivity contribution in [2.24, 2.45) is 0 Å². The Morgan fingerprint density at radius 2 is 1.86 bits per heavy atom. The van der Waals surface area contributed by atoms with Crippen LogP contribution in [0.25, 0.3) is 0 Å². The first kappa shape index (κ1) is 14.1. The van der Waals surface area contributed by atoms with Crippen LogP contribution in [-0.2, 0) is 9.84 Å². The van der Waals surface area contributed by atoms with Crippen molar-refractivity contribution >= 4 is 27.3 Å². The second-order valence-electron chi connectivity index (χ2n) is 4.68. The lowest BCUT2D eigenvalue weighted by Gasteiger charge is -2.09. The summed E-state index contributed by atoms with van der Waals surface area (Å²) in [5.41, 5.74) is 0.447. The van der Waals surface area contributed by atoms with E-state index in [1.165, 1.54) is 30.0 Å². The Morgan fingerprint density at radius 1 is 1.14 bits per heavy atom. The van der Waals surface area contributed by atoms with Crippen molar-refractivity contribution in [1.29, 1.82) is 0 Å². The molecule has 1 aliphatic heterocycles. The van der Waals surface area contributed by atoms with Crippen molar-refractivity contribution in [3.05, 3.63) is 64.2 Å². The lowest BCUT2D eigenvalue weighted by molar-refractivity contribution is -0.385. The second kappa shape index (κ2) is 5.16. The predicted molar refractivity (Wildman–Crippen MR) is 80.2 cm³/mol. The molecule has 1 atom stereocenters. The maximum atomic E-state index is 12.2. The molecule has 0 aliphatic carbocycles.